The van der Waals surface area contributed by atoms with Crippen molar-refractivity contribution in [1.82, 2.24) is 4.57 Å². The SMILES string of the molecule is CN1/C(=C/C=C/c2n(-c3ccccc3)c3ccccc3[n+]2-c2ccccc2)C(C)(C)c2ccccc21. The van der Waals surface area contributed by atoms with Crippen molar-refractivity contribution < 1.29 is 4.57 Å². The number of allylic oxidation sites excluding steroid dienone is 3. The molecule has 0 fully saturated rings. The fourth-order valence-corrected chi connectivity index (χ4v) is 5.56. The van der Waals surface area contributed by atoms with Crippen LogP contribution < -0.4 is 9.47 Å². The third kappa shape index (κ3) is 3.47. The van der Waals surface area contributed by atoms with Gasteiger partial charge in [-0.2, -0.15) is 9.13 Å². The average molecular weight is 469 g/mol. The van der Waals surface area contributed by atoms with Crippen LogP contribution in [0.4, 0.5) is 5.69 Å². The molecule has 0 atom stereocenters. The lowest BCUT2D eigenvalue weighted by molar-refractivity contribution is -0.570. The highest BCUT2D eigenvalue weighted by Crippen LogP contribution is 2.46. The molecule has 0 saturated heterocycles. The highest BCUT2D eigenvalue weighted by atomic mass is 15.2. The summed E-state index contributed by atoms with van der Waals surface area (Å²) in [6, 6.07) is 38.5. The van der Waals surface area contributed by atoms with Crippen molar-refractivity contribution in [3.8, 4) is 11.4 Å². The quantitative estimate of drug-likeness (QED) is 0.253. The summed E-state index contributed by atoms with van der Waals surface area (Å²) < 4.78 is 4.69. The fourth-order valence-electron chi connectivity index (χ4n) is 5.56. The van der Waals surface area contributed by atoms with Gasteiger partial charge in [-0.25, -0.2) is 0 Å². The van der Waals surface area contributed by atoms with Crippen molar-refractivity contribution in [2.75, 3.05) is 11.9 Å². The van der Waals surface area contributed by atoms with Crippen LogP contribution in [-0.4, -0.2) is 11.6 Å². The third-order valence-electron chi connectivity index (χ3n) is 7.29. The van der Waals surface area contributed by atoms with Gasteiger partial charge in [-0.1, -0.05) is 86.7 Å². The zero-order chi connectivity index (χ0) is 24.7. The Kier molecular flexibility index (Phi) is 5.34. The average Bonchev–Trinajstić information content (AvgIpc) is 3.34. The maximum atomic E-state index is 2.34. The number of nitrogens with zero attached hydrogens (tertiary/aromatic N) is 3. The number of hydrogen-bond acceptors (Lipinski definition) is 1. The van der Waals surface area contributed by atoms with Gasteiger partial charge in [0, 0.05) is 29.9 Å². The first kappa shape index (κ1) is 22.1. The van der Waals surface area contributed by atoms with Gasteiger partial charge in [0.15, 0.2) is 11.0 Å². The van der Waals surface area contributed by atoms with E-state index in [9.17, 15) is 0 Å². The second-order valence-corrected chi connectivity index (χ2v) is 9.80. The van der Waals surface area contributed by atoms with Crippen molar-refractivity contribution in [2.45, 2.75) is 19.3 Å². The van der Waals surface area contributed by atoms with Crippen molar-refractivity contribution in [1.29, 1.82) is 0 Å². The number of fused-ring (bicyclic) bond motifs is 2. The zero-order valence-electron chi connectivity index (χ0n) is 21.0. The number of rotatable bonds is 4. The lowest BCUT2D eigenvalue weighted by Gasteiger charge is -2.23. The van der Waals surface area contributed by atoms with E-state index in [1.54, 1.807) is 0 Å². The molecule has 1 aromatic heterocycles. The molecule has 4 aromatic carbocycles. The predicted octanol–water partition coefficient (Wildman–Crippen LogP) is 7.23. The molecule has 176 valence electrons. The fraction of sp³-hybridized carbons (Fsp3) is 0.121. The van der Waals surface area contributed by atoms with Crippen molar-refractivity contribution in [3.63, 3.8) is 0 Å². The maximum Gasteiger partial charge on any atom is 0.292 e. The van der Waals surface area contributed by atoms with E-state index in [-0.39, 0.29) is 5.41 Å². The van der Waals surface area contributed by atoms with E-state index in [1.807, 2.05) is 0 Å². The van der Waals surface area contributed by atoms with E-state index in [0.717, 1.165) is 17.2 Å². The first-order chi connectivity index (χ1) is 17.6. The van der Waals surface area contributed by atoms with Gasteiger partial charge >= 0.3 is 0 Å². The van der Waals surface area contributed by atoms with Crippen molar-refractivity contribution in [2.24, 2.45) is 0 Å². The molecule has 1 aliphatic rings. The minimum Gasteiger partial charge on any atom is -0.347 e. The Morgan fingerprint density at radius 2 is 1.36 bits per heavy atom. The van der Waals surface area contributed by atoms with Crippen LogP contribution in [0.3, 0.4) is 0 Å². The molecule has 0 saturated carbocycles. The lowest BCUT2D eigenvalue weighted by atomic mass is 9.84. The molecule has 3 heteroatoms. The number of likely N-dealkylation sites (N-methyl/N-ethyl adjacent to an activating group) is 1. The largest absolute Gasteiger partial charge is 0.347 e. The van der Waals surface area contributed by atoms with Gasteiger partial charge < -0.3 is 4.90 Å². The van der Waals surface area contributed by atoms with Gasteiger partial charge in [0.25, 0.3) is 5.82 Å². The predicted molar refractivity (Wildman–Crippen MR) is 150 cm³/mol. The van der Waals surface area contributed by atoms with E-state index < -0.39 is 0 Å². The summed E-state index contributed by atoms with van der Waals surface area (Å²) in [4.78, 5) is 2.32. The van der Waals surface area contributed by atoms with Crippen LogP contribution in [0.5, 0.6) is 0 Å². The number of anilines is 1. The normalized spacial score (nSPS) is 15.8. The van der Waals surface area contributed by atoms with Crippen LogP contribution in [0.2, 0.25) is 0 Å². The monoisotopic (exact) mass is 468 g/mol. The minimum absolute atomic E-state index is 0.0583. The van der Waals surface area contributed by atoms with E-state index >= 15 is 0 Å². The molecule has 0 amide bonds. The highest BCUT2D eigenvalue weighted by Gasteiger charge is 2.37. The molecule has 0 spiro atoms. The Labute approximate surface area is 212 Å². The van der Waals surface area contributed by atoms with Crippen LogP contribution in [0.1, 0.15) is 25.2 Å². The topological polar surface area (TPSA) is 12.1 Å². The summed E-state index contributed by atoms with van der Waals surface area (Å²) in [5.41, 5.74) is 8.49. The molecular formula is C33H30N3+. The summed E-state index contributed by atoms with van der Waals surface area (Å²) in [6.07, 6.45) is 6.70. The Bertz CT molecular complexity index is 1530. The molecule has 0 N–H and O–H groups in total. The van der Waals surface area contributed by atoms with Gasteiger partial charge in [-0.05, 0) is 54.1 Å². The number of hydrogen-bond donors (Lipinski definition) is 0. The van der Waals surface area contributed by atoms with Crippen molar-refractivity contribution >= 4 is 22.8 Å². The second kappa shape index (κ2) is 8.69. The molecule has 0 bridgehead atoms. The molecule has 1 aliphatic heterocycles. The van der Waals surface area contributed by atoms with Crippen LogP contribution in [0.15, 0.2) is 127 Å². The lowest BCUT2D eigenvalue weighted by Crippen LogP contribution is -2.33. The molecule has 0 unspecified atom stereocenters. The maximum absolute atomic E-state index is 2.34. The first-order valence-corrected chi connectivity index (χ1v) is 12.5. The Morgan fingerprint density at radius 1 is 0.722 bits per heavy atom. The smallest absolute Gasteiger partial charge is 0.292 e. The number of para-hydroxylation sites is 5. The summed E-state index contributed by atoms with van der Waals surface area (Å²) >= 11 is 0. The number of aromatic nitrogens is 2. The molecule has 0 radical (unpaired) electrons. The number of benzene rings is 4. The molecule has 5 aromatic rings. The standard InChI is InChI=1S/C33H30N3/c1-33(2)27-19-10-11-20-28(27)34(3)31(33)23-14-24-32-35(25-15-6-4-7-16-25)29-21-12-13-22-30(29)36(32)26-17-8-5-9-18-26/h4-24H,1-3H3/q+1. The van der Waals surface area contributed by atoms with Gasteiger partial charge in [-0.3, -0.25) is 0 Å². The van der Waals surface area contributed by atoms with E-state index in [1.165, 1.54) is 28.0 Å². The zero-order valence-corrected chi connectivity index (χ0v) is 21.0. The van der Waals surface area contributed by atoms with E-state index in [4.69, 9.17) is 0 Å². The first-order valence-electron chi connectivity index (χ1n) is 12.5. The van der Waals surface area contributed by atoms with E-state index in [0.29, 0.717) is 0 Å². The Balaban J connectivity index is 1.55. The molecule has 36 heavy (non-hydrogen) atoms. The summed E-state index contributed by atoms with van der Waals surface area (Å²) in [5, 5.41) is 0. The number of imidazole rings is 1. The molecule has 3 nitrogen and oxygen atoms in total. The summed E-state index contributed by atoms with van der Waals surface area (Å²) in [5.74, 6) is 1.10. The molecule has 2 heterocycles. The second-order valence-electron chi connectivity index (χ2n) is 9.80. The van der Waals surface area contributed by atoms with Gasteiger partial charge in [-0.15, -0.1) is 0 Å². The Morgan fingerprint density at radius 3 is 2.11 bits per heavy atom. The highest BCUT2D eigenvalue weighted by molar-refractivity contribution is 5.77. The van der Waals surface area contributed by atoms with Gasteiger partial charge in [0.05, 0.1) is 0 Å². The van der Waals surface area contributed by atoms with Crippen LogP contribution in [0, 0.1) is 0 Å². The van der Waals surface area contributed by atoms with Gasteiger partial charge in [0.2, 0.25) is 0 Å². The minimum atomic E-state index is -0.0583. The van der Waals surface area contributed by atoms with Crippen LogP contribution >= 0.6 is 0 Å². The van der Waals surface area contributed by atoms with Crippen LogP contribution in [0.25, 0.3) is 28.5 Å². The van der Waals surface area contributed by atoms with Crippen LogP contribution in [-0.2, 0) is 5.41 Å². The molecule has 6 rings (SSSR count). The summed E-state index contributed by atoms with van der Waals surface area (Å²) in [7, 11) is 2.17. The Hall–Kier alpha value is -4.37. The summed E-state index contributed by atoms with van der Waals surface area (Å²) in [6.45, 7) is 4.61. The van der Waals surface area contributed by atoms with Crippen molar-refractivity contribution in [3.05, 3.63) is 138 Å². The van der Waals surface area contributed by atoms with Gasteiger partial charge in [0.1, 0.15) is 11.4 Å². The molecule has 0 aliphatic carbocycles. The third-order valence-corrected chi connectivity index (χ3v) is 7.29. The molecular weight excluding hydrogens is 438 g/mol. The van der Waals surface area contributed by atoms with E-state index in [2.05, 4.69) is 162 Å².